The molecular formula is C38H38N8O3. The van der Waals surface area contributed by atoms with Crippen molar-refractivity contribution in [1.82, 2.24) is 19.8 Å². The van der Waals surface area contributed by atoms with E-state index in [0.717, 1.165) is 22.3 Å². The molecule has 11 heteroatoms. The first-order chi connectivity index (χ1) is 23.7. The molecule has 1 saturated heterocycles. The third-order valence-electron chi connectivity index (χ3n) is 8.21. The lowest BCUT2D eigenvalue weighted by Gasteiger charge is -2.19. The number of nitrogens with one attached hydrogen (secondary N) is 2. The van der Waals surface area contributed by atoms with Crippen molar-refractivity contribution in [2.24, 2.45) is 0 Å². The molecule has 1 aliphatic heterocycles. The zero-order valence-electron chi connectivity index (χ0n) is 27.5. The van der Waals surface area contributed by atoms with Crippen LogP contribution in [0.5, 0.6) is 0 Å². The van der Waals surface area contributed by atoms with Gasteiger partial charge in [-0.25, -0.2) is 9.78 Å². The van der Waals surface area contributed by atoms with Crippen LogP contribution in [0.4, 0.5) is 33.4 Å². The van der Waals surface area contributed by atoms with Crippen LogP contribution < -0.4 is 21.3 Å². The summed E-state index contributed by atoms with van der Waals surface area (Å²) in [5.41, 5.74) is 13.0. The van der Waals surface area contributed by atoms with Crippen LogP contribution in [0, 0.1) is 0 Å². The van der Waals surface area contributed by atoms with Gasteiger partial charge in [-0.15, -0.1) is 0 Å². The largest absolute Gasteiger partial charge is 0.399 e. The topological polar surface area (TPSA) is 137 Å². The first-order valence-electron chi connectivity index (χ1n) is 16.0. The molecule has 49 heavy (non-hydrogen) atoms. The number of aryl methyl sites for hydroxylation is 1. The molecule has 0 unspecified atom stereocenters. The van der Waals surface area contributed by atoms with E-state index in [4.69, 9.17) is 5.73 Å². The normalized spacial score (nSPS) is 12.6. The molecule has 0 saturated carbocycles. The number of pyridine rings is 2. The summed E-state index contributed by atoms with van der Waals surface area (Å²) in [6, 6.07) is 28.2. The highest BCUT2D eigenvalue weighted by molar-refractivity contribution is 5.95. The van der Waals surface area contributed by atoms with Crippen LogP contribution >= 0.6 is 0 Å². The van der Waals surface area contributed by atoms with Gasteiger partial charge in [0.2, 0.25) is 5.91 Å². The SMILES string of the molecule is CN(C)C(=O)c1ccc(-c2ccc(Nc3cncc(N4CCN(Cc5cccc(NC(=O)CCc6cccc(N)c6)c5)C4=O)c3)nc2)cc1. The Labute approximate surface area is 285 Å². The summed E-state index contributed by atoms with van der Waals surface area (Å²) in [5.74, 6) is 0.505. The van der Waals surface area contributed by atoms with Gasteiger partial charge in [0.25, 0.3) is 5.91 Å². The molecule has 5 aromatic rings. The molecule has 0 aliphatic carbocycles. The third kappa shape index (κ3) is 8.20. The zero-order chi connectivity index (χ0) is 34.3. The molecule has 1 aliphatic rings. The van der Waals surface area contributed by atoms with Gasteiger partial charge in [-0.05, 0) is 77.7 Å². The van der Waals surface area contributed by atoms with Crippen LogP contribution in [0.2, 0.25) is 0 Å². The molecule has 3 heterocycles. The summed E-state index contributed by atoms with van der Waals surface area (Å²) in [7, 11) is 3.46. The van der Waals surface area contributed by atoms with Gasteiger partial charge in [0.05, 0.1) is 23.8 Å². The number of nitrogens with two attached hydrogens (primary N) is 1. The zero-order valence-corrected chi connectivity index (χ0v) is 27.5. The third-order valence-corrected chi connectivity index (χ3v) is 8.21. The molecule has 248 valence electrons. The molecule has 0 atom stereocenters. The fourth-order valence-electron chi connectivity index (χ4n) is 5.66. The number of aromatic nitrogens is 2. The maximum absolute atomic E-state index is 13.4. The minimum absolute atomic E-state index is 0.0435. The monoisotopic (exact) mass is 654 g/mol. The van der Waals surface area contributed by atoms with Crippen LogP contribution in [-0.4, -0.2) is 64.8 Å². The number of carbonyl (C=O) groups excluding carboxylic acids is 3. The molecule has 3 aromatic carbocycles. The number of rotatable bonds is 11. The first kappa shape index (κ1) is 32.7. The van der Waals surface area contributed by atoms with Crippen molar-refractivity contribution in [3.8, 4) is 11.1 Å². The Kier molecular flexibility index (Phi) is 9.80. The Bertz CT molecular complexity index is 1960. The van der Waals surface area contributed by atoms with Gasteiger partial charge in [-0.3, -0.25) is 19.5 Å². The predicted molar refractivity (Wildman–Crippen MR) is 193 cm³/mol. The van der Waals surface area contributed by atoms with Crippen LogP contribution in [0.3, 0.4) is 0 Å². The minimum Gasteiger partial charge on any atom is -0.399 e. The number of nitrogens with zero attached hydrogens (tertiary/aromatic N) is 5. The Morgan fingerprint density at radius 2 is 1.61 bits per heavy atom. The van der Waals surface area contributed by atoms with Crippen LogP contribution in [0.1, 0.15) is 27.9 Å². The molecule has 4 amide bonds. The quantitative estimate of drug-likeness (QED) is 0.145. The molecule has 0 bridgehead atoms. The van der Waals surface area contributed by atoms with Crippen LogP contribution in [0.15, 0.2) is 110 Å². The highest BCUT2D eigenvalue weighted by Gasteiger charge is 2.30. The van der Waals surface area contributed by atoms with Crippen molar-refractivity contribution in [2.45, 2.75) is 19.4 Å². The van der Waals surface area contributed by atoms with Gasteiger partial charge in [0, 0.05) is 68.8 Å². The van der Waals surface area contributed by atoms with E-state index < -0.39 is 0 Å². The summed E-state index contributed by atoms with van der Waals surface area (Å²) in [5, 5.41) is 6.24. The van der Waals surface area contributed by atoms with E-state index in [9.17, 15) is 14.4 Å². The van der Waals surface area contributed by atoms with Gasteiger partial charge in [-0.2, -0.15) is 0 Å². The number of carbonyl (C=O) groups is 3. The van der Waals surface area contributed by atoms with Crippen molar-refractivity contribution in [1.29, 1.82) is 0 Å². The molecule has 0 radical (unpaired) electrons. The lowest BCUT2D eigenvalue weighted by atomic mass is 10.1. The fourth-order valence-corrected chi connectivity index (χ4v) is 5.66. The smallest absolute Gasteiger partial charge is 0.324 e. The summed E-state index contributed by atoms with van der Waals surface area (Å²) in [6.07, 6.45) is 6.07. The maximum Gasteiger partial charge on any atom is 0.324 e. The van der Waals surface area contributed by atoms with Gasteiger partial charge in [-0.1, -0.05) is 36.4 Å². The Balaban J connectivity index is 1.03. The van der Waals surface area contributed by atoms with Gasteiger partial charge >= 0.3 is 6.03 Å². The summed E-state index contributed by atoms with van der Waals surface area (Å²) in [4.78, 5) is 52.2. The molecule has 4 N–H and O–H groups in total. The Hall–Kier alpha value is -6.23. The number of urea groups is 1. The number of hydrogen-bond donors (Lipinski definition) is 3. The van der Waals surface area contributed by atoms with Crippen molar-refractivity contribution in [2.75, 3.05) is 48.5 Å². The van der Waals surface area contributed by atoms with E-state index >= 15 is 0 Å². The maximum atomic E-state index is 13.4. The van der Waals surface area contributed by atoms with E-state index in [1.165, 1.54) is 0 Å². The predicted octanol–water partition coefficient (Wildman–Crippen LogP) is 6.18. The number of amides is 4. The van der Waals surface area contributed by atoms with Gasteiger partial charge in [0.1, 0.15) is 5.82 Å². The average molecular weight is 655 g/mol. The molecular weight excluding hydrogens is 616 g/mol. The number of nitrogen functional groups attached to an aromatic ring is 1. The second kappa shape index (κ2) is 14.7. The molecule has 11 nitrogen and oxygen atoms in total. The highest BCUT2D eigenvalue weighted by Crippen LogP contribution is 2.27. The van der Waals surface area contributed by atoms with E-state index in [1.807, 2.05) is 91.0 Å². The highest BCUT2D eigenvalue weighted by atomic mass is 16.2. The number of anilines is 5. The summed E-state index contributed by atoms with van der Waals surface area (Å²) >= 11 is 0. The van der Waals surface area contributed by atoms with E-state index in [0.29, 0.717) is 66.6 Å². The Morgan fingerprint density at radius 3 is 2.37 bits per heavy atom. The van der Waals surface area contributed by atoms with E-state index in [-0.39, 0.29) is 17.8 Å². The van der Waals surface area contributed by atoms with Crippen LogP contribution in [-0.2, 0) is 17.8 Å². The second-order valence-corrected chi connectivity index (χ2v) is 12.1. The number of benzene rings is 3. The van der Waals surface area contributed by atoms with Gasteiger partial charge in [0.15, 0.2) is 0 Å². The van der Waals surface area contributed by atoms with Gasteiger partial charge < -0.3 is 26.2 Å². The standard InChI is InChI=1S/C38H38N8O3/c1-44(2)37(48)29-12-10-28(11-13-29)30-14-15-35(41-22-30)42-33-21-34(24-40-23-33)46-18-17-45(38(46)49)25-27-6-4-8-32(20-27)43-36(47)16-9-26-5-3-7-31(39)19-26/h3-8,10-15,19-24H,9,16-18,25,39H2,1-2H3,(H,41,42)(H,43,47). The molecule has 1 fully saturated rings. The Morgan fingerprint density at radius 1 is 0.837 bits per heavy atom. The van der Waals surface area contributed by atoms with E-state index in [2.05, 4.69) is 20.6 Å². The lowest BCUT2D eigenvalue weighted by molar-refractivity contribution is -0.116. The van der Waals surface area contributed by atoms with Crippen molar-refractivity contribution in [3.05, 3.63) is 126 Å². The fraction of sp³-hybridized carbons (Fsp3) is 0.184. The minimum atomic E-state index is -0.115. The van der Waals surface area contributed by atoms with E-state index in [1.54, 1.807) is 47.4 Å². The van der Waals surface area contributed by atoms with Crippen molar-refractivity contribution >= 4 is 46.4 Å². The van der Waals surface area contributed by atoms with Crippen LogP contribution in [0.25, 0.3) is 11.1 Å². The molecule has 6 rings (SSSR count). The molecule has 2 aromatic heterocycles. The van der Waals surface area contributed by atoms with Crippen molar-refractivity contribution < 1.29 is 14.4 Å². The second-order valence-electron chi connectivity index (χ2n) is 12.1. The summed E-state index contributed by atoms with van der Waals surface area (Å²) in [6.45, 7) is 1.50. The molecule has 0 spiro atoms. The summed E-state index contributed by atoms with van der Waals surface area (Å²) < 4.78 is 0. The number of hydrogen-bond acceptors (Lipinski definition) is 7. The first-order valence-corrected chi connectivity index (χ1v) is 16.0. The average Bonchev–Trinajstić information content (AvgIpc) is 3.47. The lowest BCUT2D eigenvalue weighted by Crippen LogP contribution is -2.31. The van der Waals surface area contributed by atoms with Crippen molar-refractivity contribution in [3.63, 3.8) is 0 Å².